The van der Waals surface area contributed by atoms with E-state index < -0.39 is 24.5 Å². The molecule has 0 spiro atoms. The van der Waals surface area contributed by atoms with Crippen LogP contribution in [0.5, 0.6) is 5.75 Å². The van der Waals surface area contributed by atoms with Crippen molar-refractivity contribution in [2.45, 2.75) is 26.1 Å². The summed E-state index contributed by atoms with van der Waals surface area (Å²) >= 11 is 0. The van der Waals surface area contributed by atoms with Crippen molar-refractivity contribution in [3.05, 3.63) is 48.0 Å². The molecule has 1 atom stereocenters. The van der Waals surface area contributed by atoms with E-state index in [-0.39, 0.29) is 18.5 Å². The van der Waals surface area contributed by atoms with Gasteiger partial charge in [0.05, 0.1) is 24.6 Å². The van der Waals surface area contributed by atoms with E-state index in [9.17, 15) is 14.3 Å². The molecule has 0 amide bonds. The molecule has 1 aromatic carbocycles. The first-order valence-electron chi connectivity index (χ1n) is 8.63. The zero-order valence-corrected chi connectivity index (χ0v) is 15.4. The fourth-order valence-electron chi connectivity index (χ4n) is 2.57. The van der Waals surface area contributed by atoms with Crippen LogP contribution in [-0.2, 0) is 9.53 Å². The minimum atomic E-state index is -1.19. The number of carboxylic acids is 1. The number of carbonyl (C=O) groups is 1. The molecule has 2 heterocycles. The van der Waals surface area contributed by atoms with Crippen molar-refractivity contribution >= 4 is 17.0 Å². The molecule has 0 aliphatic carbocycles. The Balaban J connectivity index is 1.84. The van der Waals surface area contributed by atoms with Crippen molar-refractivity contribution in [1.82, 2.24) is 14.8 Å². The third kappa shape index (κ3) is 4.44. The van der Waals surface area contributed by atoms with Crippen LogP contribution in [0, 0.1) is 5.82 Å². The van der Waals surface area contributed by atoms with Gasteiger partial charge in [-0.2, -0.15) is 5.10 Å². The Bertz CT molecular complexity index is 989. The van der Waals surface area contributed by atoms with Gasteiger partial charge < -0.3 is 19.7 Å². The Labute approximate surface area is 160 Å². The second-order valence-electron chi connectivity index (χ2n) is 6.43. The molecule has 0 aliphatic rings. The van der Waals surface area contributed by atoms with Crippen molar-refractivity contribution < 1.29 is 28.9 Å². The number of aliphatic carboxylic acids is 1. The topological polar surface area (TPSA) is 107 Å². The first-order valence-corrected chi connectivity index (χ1v) is 8.63. The highest BCUT2D eigenvalue weighted by atomic mass is 19.1. The molecule has 0 radical (unpaired) electrons. The van der Waals surface area contributed by atoms with Crippen LogP contribution in [0.25, 0.3) is 16.7 Å². The average Bonchev–Trinajstić information content (AvgIpc) is 3.08. The van der Waals surface area contributed by atoms with Gasteiger partial charge in [0.2, 0.25) is 0 Å². The molecule has 0 aliphatic heterocycles. The van der Waals surface area contributed by atoms with Crippen LogP contribution in [0.1, 0.15) is 25.5 Å². The molecule has 28 heavy (non-hydrogen) atoms. The van der Waals surface area contributed by atoms with Crippen LogP contribution in [0.15, 0.2) is 36.7 Å². The summed E-state index contributed by atoms with van der Waals surface area (Å²) in [4.78, 5) is 14.9. The van der Waals surface area contributed by atoms with Gasteiger partial charge >= 0.3 is 5.97 Å². The number of nitrogens with zero attached hydrogens (tertiary/aromatic N) is 3. The van der Waals surface area contributed by atoms with Crippen molar-refractivity contribution in [2.75, 3.05) is 13.2 Å². The lowest BCUT2D eigenvalue weighted by atomic mass is 10.1. The molecule has 0 saturated carbocycles. The molecular weight excluding hydrogens is 369 g/mol. The van der Waals surface area contributed by atoms with Gasteiger partial charge in [0.1, 0.15) is 6.10 Å². The number of pyridine rings is 1. The van der Waals surface area contributed by atoms with E-state index in [1.165, 1.54) is 23.0 Å². The summed E-state index contributed by atoms with van der Waals surface area (Å²) in [5.74, 6) is -2.06. The van der Waals surface area contributed by atoms with Crippen molar-refractivity contribution in [3.8, 4) is 11.4 Å². The van der Waals surface area contributed by atoms with Crippen LogP contribution >= 0.6 is 0 Å². The summed E-state index contributed by atoms with van der Waals surface area (Å²) < 4.78 is 25.9. The number of ether oxygens (including phenoxy) is 2. The molecule has 3 aromatic rings. The summed E-state index contributed by atoms with van der Waals surface area (Å²) in [6, 6.07) is 5.82. The molecular formula is C19H20FN3O5. The first kappa shape index (κ1) is 19.7. The lowest BCUT2D eigenvalue weighted by Crippen LogP contribution is -2.12. The summed E-state index contributed by atoms with van der Waals surface area (Å²) in [5, 5.41) is 23.7. The zero-order valence-electron chi connectivity index (χ0n) is 15.4. The Morgan fingerprint density at radius 1 is 1.29 bits per heavy atom. The molecule has 0 bridgehead atoms. The lowest BCUT2D eigenvalue weighted by Gasteiger charge is -2.13. The second kappa shape index (κ2) is 8.32. The number of aliphatic hydroxyl groups is 1. The summed E-state index contributed by atoms with van der Waals surface area (Å²) in [6.07, 6.45) is 2.28. The molecule has 3 rings (SSSR count). The lowest BCUT2D eigenvalue weighted by molar-refractivity contribution is -0.139. The summed E-state index contributed by atoms with van der Waals surface area (Å²) in [6.45, 7) is 3.29. The maximum Gasteiger partial charge on any atom is 0.341 e. The van der Waals surface area contributed by atoms with Gasteiger partial charge in [0.15, 0.2) is 23.8 Å². The predicted octanol–water partition coefficient (Wildman–Crippen LogP) is 2.48. The number of halogens is 1. The molecule has 9 heteroatoms. The zero-order chi connectivity index (χ0) is 20.3. The van der Waals surface area contributed by atoms with Crippen LogP contribution in [0.2, 0.25) is 0 Å². The van der Waals surface area contributed by atoms with Crippen LogP contribution in [0.3, 0.4) is 0 Å². The first-order chi connectivity index (χ1) is 13.3. The Morgan fingerprint density at radius 3 is 2.75 bits per heavy atom. The highest BCUT2D eigenvalue weighted by Crippen LogP contribution is 2.24. The van der Waals surface area contributed by atoms with Gasteiger partial charge in [0, 0.05) is 23.2 Å². The maximum atomic E-state index is 14.2. The summed E-state index contributed by atoms with van der Waals surface area (Å²) in [5.41, 5.74) is 1.48. The van der Waals surface area contributed by atoms with E-state index >= 15 is 0 Å². The van der Waals surface area contributed by atoms with Crippen LogP contribution in [0.4, 0.5) is 4.39 Å². The van der Waals surface area contributed by atoms with Gasteiger partial charge in [-0.3, -0.25) is 0 Å². The fourth-order valence-corrected chi connectivity index (χ4v) is 2.57. The fraction of sp³-hybridized carbons (Fsp3) is 0.316. The molecule has 148 valence electrons. The van der Waals surface area contributed by atoms with Gasteiger partial charge in [-0.05, 0) is 32.0 Å². The Hall–Kier alpha value is -3.04. The maximum absolute atomic E-state index is 14.2. The van der Waals surface area contributed by atoms with E-state index in [1.54, 1.807) is 18.3 Å². The number of rotatable bonds is 8. The van der Waals surface area contributed by atoms with E-state index in [0.29, 0.717) is 22.3 Å². The normalized spacial score (nSPS) is 12.5. The van der Waals surface area contributed by atoms with E-state index in [0.717, 1.165) is 0 Å². The smallest absolute Gasteiger partial charge is 0.341 e. The number of aliphatic hydroxyl groups excluding tert-OH is 1. The monoisotopic (exact) mass is 389 g/mol. The largest absolute Gasteiger partial charge is 0.479 e. The molecule has 0 fully saturated rings. The number of aromatic nitrogens is 3. The molecule has 2 N–H and O–H groups in total. The quantitative estimate of drug-likeness (QED) is 0.609. The highest BCUT2D eigenvalue weighted by molar-refractivity contribution is 5.77. The van der Waals surface area contributed by atoms with E-state index in [4.69, 9.17) is 14.6 Å². The van der Waals surface area contributed by atoms with Crippen molar-refractivity contribution in [3.63, 3.8) is 0 Å². The third-order valence-electron chi connectivity index (χ3n) is 3.91. The van der Waals surface area contributed by atoms with Crippen molar-refractivity contribution in [1.29, 1.82) is 0 Å². The second-order valence-corrected chi connectivity index (χ2v) is 6.43. The number of benzene rings is 1. The van der Waals surface area contributed by atoms with Crippen LogP contribution in [-0.4, -0.2) is 50.3 Å². The number of carboxylic acid groups (broad SMARTS) is 1. The Kier molecular flexibility index (Phi) is 5.86. The SMILES string of the molecule is CC(C)OC[C@H](O)c1cnc2c(cnn2-c2ccc(OCC(=O)O)c(F)c2)c1. The molecule has 2 aromatic heterocycles. The summed E-state index contributed by atoms with van der Waals surface area (Å²) in [7, 11) is 0. The van der Waals surface area contributed by atoms with Gasteiger partial charge in [-0.1, -0.05) is 0 Å². The van der Waals surface area contributed by atoms with E-state index in [2.05, 4.69) is 10.1 Å². The standard InChI is InChI=1S/C19H20FN3O5/c1-11(2)27-9-16(24)12-5-13-8-22-23(19(13)21-7-12)14-3-4-17(15(20)6-14)28-10-18(25)26/h3-8,11,16,24H,9-10H2,1-2H3,(H,25,26)/t16-/m0/s1. The minimum absolute atomic E-state index is 0.00596. The third-order valence-corrected chi connectivity index (χ3v) is 3.91. The Morgan fingerprint density at radius 2 is 2.07 bits per heavy atom. The molecule has 0 saturated heterocycles. The van der Waals surface area contributed by atoms with Crippen LogP contribution < -0.4 is 4.74 Å². The van der Waals surface area contributed by atoms with Crippen molar-refractivity contribution in [2.24, 2.45) is 0 Å². The van der Waals surface area contributed by atoms with Gasteiger partial charge in [-0.25, -0.2) is 18.9 Å². The average molecular weight is 389 g/mol. The number of hydrogen-bond acceptors (Lipinski definition) is 6. The van der Waals surface area contributed by atoms with Gasteiger partial charge in [-0.15, -0.1) is 0 Å². The van der Waals surface area contributed by atoms with Gasteiger partial charge in [0.25, 0.3) is 0 Å². The number of fused-ring (bicyclic) bond motifs is 1. The molecule has 0 unspecified atom stereocenters. The van der Waals surface area contributed by atoms with E-state index in [1.807, 2.05) is 13.8 Å². The molecule has 8 nitrogen and oxygen atoms in total. The number of hydrogen-bond donors (Lipinski definition) is 2. The highest BCUT2D eigenvalue weighted by Gasteiger charge is 2.14. The minimum Gasteiger partial charge on any atom is -0.479 e. The predicted molar refractivity (Wildman–Crippen MR) is 98.0 cm³/mol.